The molecule has 0 unspecified atom stereocenters. The van der Waals surface area contributed by atoms with Gasteiger partial charge in [0.25, 0.3) is 10.0 Å². The Hall–Kier alpha value is -1.60. The topological polar surface area (TPSA) is 76.3 Å². The number of hydrogen-bond donors (Lipinski definition) is 1. The highest BCUT2D eigenvalue weighted by Crippen LogP contribution is 2.29. The summed E-state index contributed by atoms with van der Waals surface area (Å²) in [6.07, 6.45) is 3.09. The van der Waals surface area contributed by atoms with Crippen molar-refractivity contribution in [2.24, 2.45) is 0 Å². The molecule has 0 radical (unpaired) electrons. The van der Waals surface area contributed by atoms with Gasteiger partial charge in [-0.15, -0.1) is 0 Å². The van der Waals surface area contributed by atoms with Gasteiger partial charge in [-0.25, -0.2) is 8.42 Å². The Kier molecular flexibility index (Phi) is 4.01. The van der Waals surface area contributed by atoms with Gasteiger partial charge in [0.1, 0.15) is 0 Å². The Morgan fingerprint density at radius 3 is 2.65 bits per heavy atom. The number of nitrogen functional groups attached to an aromatic ring is 1. The number of halogens is 1. The van der Waals surface area contributed by atoms with E-state index < -0.39 is 10.0 Å². The smallest absolute Gasteiger partial charge is 0.264 e. The van der Waals surface area contributed by atoms with Crippen molar-refractivity contribution in [3.63, 3.8) is 0 Å². The Bertz CT molecular complexity index is 733. The lowest BCUT2D eigenvalue weighted by molar-refractivity contribution is 0.593. The Morgan fingerprint density at radius 2 is 2.05 bits per heavy atom. The van der Waals surface area contributed by atoms with E-state index >= 15 is 0 Å². The van der Waals surface area contributed by atoms with Gasteiger partial charge in [-0.3, -0.25) is 9.29 Å². The van der Waals surface area contributed by atoms with E-state index in [0.29, 0.717) is 21.4 Å². The molecule has 0 saturated carbocycles. The average molecular weight is 356 g/mol. The van der Waals surface area contributed by atoms with E-state index in [4.69, 9.17) is 5.73 Å². The maximum absolute atomic E-state index is 12.6. The summed E-state index contributed by atoms with van der Waals surface area (Å²) >= 11 is 3.29. The molecule has 1 aromatic heterocycles. The van der Waals surface area contributed by atoms with Crippen LogP contribution in [0, 0.1) is 6.92 Å². The lowest BCUT2D eigenvalue weighted by Crippen LogP contribution is -2.27. The number of pyridine rings is 1. The van der Waals surface area contributed by atoms with Gasteiger partial charge < -0.3 is 5.73 Å². The zero-order valence-corrected chi connectivity index (χ0v) is 13.4. The lowest BCUT2D eigenvalue weighted by Gasteiger charge is -2.20. The summed E-state index contributed by atoms with van der Waals surface area (Å²) in [5, 5.41) is 0. The number of nitrogens with zero attached hydrogens (tertiary/aromatic N) is 2. The van der Waals surface area contributed by atoms with Crippen molar-refractivity contribution in [3.05, 3.63) is 46.7 Å². The lowest BCUT2D eigenvalue weighted by atomic mass is 10.2. The van der Waals surface area contributed by atoms with Crippen LogP contribution in [0.3, 0.4) is 0 Å². The highest BCUT2D eigenvalue weighted by atomic mass is 79.9. The van der Waals surface area contributed by atoms with Crippen LogP contribution in [0.25, 0.3) is 0 Å². The average Bonchev–Trinajstić information content (AvgIpc) is 2.42. The first kappa shape index (κ1) is 14.8. The van der Waals surface area contributed by atoms with E-state index in [1.807, 2.05) is 0 Å². The summed E-state index contributed by atoms with van der Waals surface area (Å²) in [5.41, 5.74) is 7.29. The fourth-order valence-electron chi connectivity index (χ4n) is 1.77. The molecule has 2 rings (SSSR count). The molecule has 0 saturated heterocycles. The van der Waals surface area contributed by atoms with E-state index in [9.17, 15) is 8.42 Å². The molecule has 7 heteroatoms. The minimum Gasteiger partial charge on any atom is -0.398 e. The Balaban J connectivity index is 2.54. The van der Waals surface area contributed by atoms with Crippen LogP contribution in [0.1, 0.15) is 5.56 Å². The third-order valence-corrected chi connectivity index (χ3v) is 5.56. The number of benzene rings is 1. The predicted molar refractivity (Wildman–Crippen MR) is 83.1 cm³/mol. The molecule has 0 bridgehead atoms. The summed E-state index contributed by atoms with van der Waals surface area (Å²) in [4.78, 5) is 4.11. The second kappa shape index (κ2) is 5.41. The standard InChI is InChI=1S/C13H14BrN3O2S/c1-9-6-11(14)12(15)7-13(9)20(18,19)17(2)10-4-3-5-16-8-10/h3-8H,15H2,1-2H3. The van der Waals surface area contributed by atoms with Crippen LogP contribution in [0.15, 0.2) is 46.0 Å². The highest BCUT2D eigenvalue weighted by molar-refractivity contribution is 9.10. The number of aryl methyl sites for hydroxylation is 1. The molecule has 106 valence electrons. The van der Waals surface area contributed by atoms with Gasteiger partial charge in [-0.05, 0) is 52.7 Å². The maximum Gasteiger partial charge on any atom is 0.264 e. The van der Waals surface area contributed by atoms with Crippen LogP contribution in [0.2, 0.25) is 0 Å². The number of nitrogens with two attached hydrogens (primary N) is 1. The summed E-state index contributed by atoms with van der Waals surface area (Å²) in [6.45, 7) is 1.73. The normalized spacial score (nSPS) is 11.3. The molecule has 1 heterocycles. The van der Waals surface area contributed by atoms with E-state index in [-0.39, 0.29) is 4.90 Å². The van der Waals surface area contributed by atoms with Crippen molar-refractivity contribution in [2.75, 3.05) is 17.1 Å². The number of rotatable bonds is 3. The number of aromatic nitrogens is 1. The maximum atomic E-state index is 12.6. The fourth-order valence-corrected chi connectivity index (χ4v) is 3.65. The van der Waals surface area contributed by atoms with Crippen LogP contribution in [0.5, 0.6) is 0 Å². The highest BCUT2D eigenvalue weighted by Gasteiger charge is 2.24. The van der Waals surface area contributed by atoms with Crippen molar-refractivity contribution in [3.8, 4) is 0 Å². The second-order valence-electron chi connectivity index (χ2n) is 4.32. The summed E-state index contributed by atoms with van der Waals surface area (Å²) in [7, 11) is -2.18. The third kappa shape index (κ3) is 2.64. The first-order valence-corrected chi connectivity index (χ1v) is 8.02. The van der Waals surface area contributed by atoms with Crippen molar-refractivity contribution < 1.29 is 8.42 Å². The minimum absolute atomic E-state index is 0.185. The molecule has 1 aromatic carbocycles. The third-order valence-electron chi connectivity index (χ3n) is 2.94. The molecule has 0 atom stereocenters. The molecular formula is C13H14BrN3O2S. The predicted octanol–water partition coefficient (Wildman–Crippen LogP) is 2.56. The minimum atomic E-state index is -3.67. The van der Waals surface area contributed by atoms with Crippen molar-refractivity contribution in [1.82, 2.24) is 4.98 Å². The van der Waals surface area contributed by atoms with Gasteiger partial charge in [0.15, 0.2) is 0 Å². The molecule has 0 spiro atoms. The molecule has 0 fully saturated rings. The first-order valence-electron chi connectivity index (χ1n) is 5.78. The van der Waals surface area contributed by atoms with Crippen LogP contribution in [-0.2, 0) is 10.0 Å². The van der Waals surface area contributed by atoms with Crippen molar-refractivity contribution >= 4 is 37.3 Å². The van der Waals surface area contributed by atoms with E-state index in [0.717, 1.165) is 0 Å². The summed E-state index contributed by atoms with van der Waals surface area (Å²) in [5.74, 6) is 0. The molecule has 0 aliphatic rings. The van der Waals surface area contributed by atoms with Crippen LogP contribution in [0.4, 0.5) is 11.4 Å². The zero-order valence-electron chi connectivity index (χ0n) is 11.0. The molecule has 20 heavy (non-hydrogen) atoms. The Morgan fingerprint density at radius 1 is 1.35 bits per heavy atom. The molecule has 0 amide bonds. The summed E-state index contributed by atoms with van der Waals surface area (Å²) < 4.78 is 27.2. The summed E-state index contributed by atoms with van der Waals surface area (Å²) in [6, 6.07) is 6.52. The van der Waals surface area contributed by atoms with Gasteiger partial charge in [-0.1, -0.05) is 0 Å². The van der Waals surface area contributed by atoms with Crippen LogP contribution in [-0.4, -0.2) is 20.4 Å². The van der Waals surface area contributed by atoms with Gasteiger partial charge in [0.2, 0.25) is 0 Å². The number of anilines is 2. The van der Waals surface area contributed by atoms with E-state index in [1.165, 1.54) is 23.6 Å². The van der Waals surface area contributed by atoms with Crippen LogP contribution < -0.4 is 10.0 Å². The fraction of sp³-hybridized carbons (Fsp3) is 0.154. The second-order valence-corrected chi connectivity index (χ2v) is 7.11. The number of hydrogen-bond acceptors (Lipinski definition) is 4. The molecule has 5 nitrogen and oxygen atoms in total. The van der Waals surface area contributed by atoms with Gasteiger partial charge in [-0.2, -0.15) is 0 Å². The molecule has 2 N–H and O–H groups in total. The molecule has 0 aliphatic carbocycles. The van der Waals surface area contributed by atoms with E-state index in [2.05, 4.69) is 20.9 Å². The van der Waals surface area contributed by atoms with Gasteiger partial charge >= 0.3 is 0 Å². The van der Waals surface area contributed by atoms with E-state index in [1.54, 1.807) is 31.3 Å². The largest absolute Gasteiger partial charge is 0.398 e. The molecular weight excluding hydrogens is 342 g/mol. The first-order chi connectivity index (χ1) is 9.34. The quantitative estimate of drug-likeness (QED) is 0.858. The zero-order chi connectivity index (χ0) is 14.9. The van der Waals surface area contributed by atoms with Gasteiger partial charge in [0.05, 0.1) is 16.8 Å². The van der Waals surface area contributed by atoms with Gasteiger partial charge in [0, 0.05) is 23.4 Å². The molecule has 0 aliphatic heterocycles. The number of sulfonamides is 1. The van der Waals surface area contributed by atoms with Crippen LogP contribution >= 0.6 is 15.9 Å². The van der Waals surface area contributed by atoms with Crippen molar-refractivity contribution in [1.29, 1.82) is 0 Å². The van der Waals surface area contributed by atoms with Crippen molar-refractivity contribution in [2.45, 2.75) is 11.8 Å². The monoisotopic (exact) mass is 355 g/mol. The SMILES string of the molecule is Cc1cc(Br)c(N)cc1S(=O)(=O)N(C)c1cccnc1. The Labute approximate surface area is 126 Å². The molecule has 2 aromatic rings.